The number of nitrogens with zero attached hydrogens (tertiary/aromatic N) is 1. The molecular formula is C18H17FN2O2. The molecule has 0 aliphatic carbocycles. The average Bonchev–Trinajstić information content (AvgIpc) is 2.80. The van der Waals surface area contributed by atoms with Gasteiger partial charge in [-0.25, -0.2) is 4.39 Å². The van der Waals surface area contributed by atoms with Gasteiger partial charge in [0.2, 0.25) is 0 Å². The number of benzene rings is 2. The average molecular weight is 312 g/mol. The van der Waals surface area contributed by atoms with Crippen LogP contribution in [0.4, 0.5) is 10.1 Å². The van der Waals surface area contributed by atoms with Crippen LogP contribution >= 0.6 is 0 Å². The minimum Gasteiger partial charge on any atom is -0.457 e. The molecule has 1 aromatic heterocycles. The zero-order valence-corrected chi connectivity index (χ0v) is 13.2. The van der Waals surface area contributed by atoms with Crippen molar-refractivity contribution in [2.24, 2.45) is 0 Å². The lowest BCUT2D eigenvalue weighted by molar-refractivity contribution is 0.393. The predicted molar refractivity (Wildman–Crippen MR) is 87.0 cm³/mol. The summed E-state index contributed by atoms with van der Waals surface area (Å²) < 4.78 is 25.0. The van der Waals surface area contributed by atoms with Gasteiger partial charge in [-0.2, -0.15) is 0 Å². The smallest absolute Gasteiger partial charge is 0.141 e. The van der Waals surface area contributed by atoms with Crippen molar-refractivity contribution in [3.8, 4) is 22.6 Å². The van der Waals surface area contributed by atoms with E-state index < -0.39 is 0 Å². The van der Waals surface area contributed by atoms with E-state index in [0.29, 0.717) is 34.2 Å². The summed E-state index contributed by atoms with van der Waals surface area (Å²) in [5.74, 6) is 1.30. The van der Waals surface area contributed by atoms with Crippen molar-refractivity contribution in [2.45, 2.75) is 20.8 Å². The molecule has 0 fully saturated rings. The van der Waals surface area contributed by atoms with E-state index in [9.17, 15) is 4.39 Å². The number of nitrogen functional groups attached to an aromatic ring is 1. The van der Waals surface area contributed by atoms with Crippen molar-refractivity contribution in [1.29, 1.82) is 0 Å². The third-order valence-electron chi connectivity index (χ3n) is 3.62. The Bertz CT molecular complexity index is 852. The van der Waals surface area contributed by atoms with Crippen LogP contribution in [0.3, 0.4) is 0 Å². The maximum absolute atomic E-state index is 14.0. The minimum absolute atomic E-state index is 0.384. The van der Waals surface area contributed by atoms with Crippen LogP contribution in [0.2, 0.25) is 0 Å². The number of anilines is 1. The van der Waals surface area contributed by atoms with Gasteiger partial charge in [0.15, 0.2) is 0 Å². The summed E-state index contributed by atoms with van der Waals surface area (Å²) in [6, 6.07) is 9.88. The minimum atomic E-state index is -0.384. The van der Waals surface area contributed by atoms with Gasteiger partial charge in [0, 0.05) is 17.3 Å². The monoisotopic (exact) mass is 312 g/mol. The molecule has 0 saturated heterocycles. The number of hydrogen-bond acceptors (Lipinski definition) is 4. The first-order valence-electron chi connectivity index (χ1n) is 7.22. The summed E-state index contributed by atoms with van der Waals surface area (Å²) in [6.07, 6.45) is 0. The summed E-state index contributed by atoms with van der Waals surface area (Å²) >= 11 is 0. The number of aromatic nitrogens is 1. The van der Waals surface area contributed by atoms with Crippen LogP contribution in [0.25, 0.3) is 11.1 Å². The van der Waals surface area contributed by atoms with Crippen LogP contribution in [-0.2, 0) is 0 Å². The Hall–Kier alpha value is -2.82. The van der Waals surface area contributed by atoms with Crippen LogP contribution in [-0.4, -0.2) is 5.16 Å². The Morgan fingerprint density at radius 1 is 1.09 bits per heavy atom. The lowest BCUT2D eigenvalue weighted by Gasteiger charge is -2.11. The van der Waals surface area contributed by atoms with Crippen LogP contribution < -0.4 is 10.5 Å². The normalized spacial score (nSPS) is 10.8. The van der Waals surface area contributed by atoms with Crippen molar-refractivity contribution in [3.05, 3.63) is 59.2 Å². The molecule has 0 radical (unpaired) electrons. The molecule has 2 aromatic carbocycles. The second kappa shape index (κ2) is 5.76. The molecule has 0 bridgehead atoms. The molecule has 0 atom stereocenters. The van der Waals surface area contributed by atoms with E-state index >= 15 is 0 Å². The third-order valence-corrected chi connectivity index (χ3v) is 3.62. The van der Waals surface area contributed by atoms with Crippen LogP contribution in [0.15, 0.2) is 40.9 Å². The highest BCUT2D eigenvalue weighted by Gasteiger charge is 2.14. The Kier molecular flexibility index (Phi) is 3.78. The Labute approximate surface area is 133 Å². The van der Waals surface area contributed by atoms with Crippen molar-refractivity contribution < 1.29 is 13.7 Å². The Morgan fingerprint density at radius 3 is 2.52 bits per heavy atom. The van der Waals surface area contributed by atoms with E-state index in [1.165, 1.54) is 12.1 Å². The second-order valence-corrected chi connectivity index (χ2v) is 5.50. The maximum Gasteiger partial charge on any atom is 0.141 e. The van der Waals surface area contributed by atoms with Gasteiger partial charge in [0.25, 0.3) is 0 Å². The number of aryl methyl sites for hydroxylation is 3. The molecule has 1 heterocycles. The number of hydrogen-bond donors (Lipinski definition) is 1. The fraction of sp³-hybridized carbons (Fsp3) is 0.167. The molecule has 0 aliphatic heterocycles. The molecule has 2 N–H and O–H groups in total. The van der Waals surface area contributed by atoms with E-state index in [4.69, 9.17) is 15.0 Å². The van der Waals surface area contributed by atoms with Crippen molar-refractivity contribution in [1.82, 2.24) is 5.16 Å². The Balaban J connectivity index is 2.01. The van der Waals surface area contributed by atoms with Gasteiger partial charge in [0.05, 0.1) is 5.69 Å². The molecule has 0 amide bonds. The van der Waals surface area contributed by atoms with Gasteiger partial charge in [-0.3, -0.25) is 0 Å². The number of halogens is 1. The lowest BCUT2D eigenvalue weighted by atomic mass is 10.0. The zero-order chi connectivity index (χ0) is 16.6. The largest absolute Gasteiger partial charge is 0.457 e. The molecular weight excluding hydrogens is 295 g/mol. The maximum atomic E-state index is 14.0. The predicted octanol–water partition coefficient (Wildman–Crippen LogP) is 4.78. The fourth-order valence-corrected chi connectivity index (χ4v) is 2.58. The first-order chi connectivity index (χ1) is 10.9. The van der Waals surface area contributed by atoms with Gasteiger partial charge in [-0.15, -0.1) is 0 Å². The highest BCUT2D eigenvalue weighted by atomic mass is 19.1. The molecule has 5 heteroatoms. The SMILES string of the molecule is Cc1cc(N)ccc1Oc1cc(F)cc(-c2c(C)noc2C)c1. The van der Waals surface area contributed by atoms with Gasteiger partial charge < -0.3 is 15.0 Å². The van der Waals surface area contributed by atoms with Gasteiger partial charge in [-0.05, 0) is 62.2 Å². The third kappa shape index (κ3) is 3.04. The van der Waals surface area contributed by atoms with E-state index in [2.05, 4.69) is 5.16 Å². The number of rotatable bonds is 3. The van der Waals surface area contributed by atoms with E-state index in [-0.39, 0.29) is 5.82 Å². The fourth-order valence-electron chi connectivity index (χ4n) is 2.58. The van der Waals surface area contributed by atoms with Gasteiger partial charge in [0.1, 0.15) is 23.1 Å². The molecule has 0 aliphatic rings. The van der Waals surface area contributed by atoms with Crippen molar-refractivity contribution in [2.75, 3.05) is 5.73 Å². The summed E-state index contributed by atoms with van der Waals surface area (Å²) in [5, 5.41) is 3.91. The van der Waals surface area contributed by atoms with Crippen LogP contribution in [0, 0.1) is 26.6 Å². The first kappa shape index (κ1) is 15.1. The molecule has 23 heavy (non-hydrogen) atoms. The molecule has 4 nitrogen and oxygen atoms in total. The highest BCUT2D eigenvalue weighted by molar-refractivity contribution is 5.69. The highest BCUT2D eigenvalue weighted by Crippen LogP contribution is 2.33. The van der Waals surface area contributed by atoms with E-state index in [1.807, 2.05) is 19.9 Å². The van der Waals surface area contributed by atoms with Gasteiger partial charge >= 0.3 is 0 Å². The van der Waals surface area contributed by atoms with Gasteiger partial charge in [-0.1, -0.05) is 5.16 Å². The van der Waals surface area contributed by atoms with E-state index in [1.54, 1.807) is 25.1 Å². The molecule has 0 unspecified atom stereocenters. The second-order valence-electron chi connectivity index (χ2n) is 5.50. The summed E-state index contributed by atoms with van der Waals surface area (Å²) in [6.45, 7) is 5.51. The summed E-state index contributed by atoms with van der Waals surface area (Å²) in [5.41, 5.74) is 9.44. The molecule has 0 spiro atoms. The summed E-state index contributed by atoms with van der Waals surface area (Å²) in [4.78, 5) is 0. The topological polar surface area (TPSA) is 61.3 Å². The number of nitrogens with two attached hydrogens (primary N) is 1. The molecule has 3 aromatic rings. The Morgan fingerprint density at radius 2 is 1.87 bits per heavy atom. The number of ether oxygens (including phenoxy) is 1. The van der Waals surface area contributed by atoms with Crippen molar-refractivity contribution >= 4 is 5.69 Å². The standard InChI is InChI=1S/C18H17FN2O2/c1-10-6-15(20)4-5-17(10)22-16-8-13(7-14(19)9-16)18-11(2)21-23-12(18)3/h4-9H,20H2,1-3H3. The summed E-state index contributed by atoms with van der Waals surface area (Å²) in [7, 11) is 0. The molecule has 118 valence electrons. The quantitative estimate of drug-likeness (QED) is 0.707. The van der Waals surface area contributed by atoms with Crippen molar-refractivity contribution in [3.63, 3.8) is 0 Å². The first-order valence-corrected chi connectivity index (χ1v) is 7.22. The molecule has 3 rings (SSSR count). The molecule has 0 saturated carbocycles. The van der Waals surface area contributed by atoms with E-state index in [0.717, 1.165) is 11.1 Å². The zero-order valence-electron chi connectivity index (χ0n) is 13.2. The lowest BCUT2D eigenvalue weighted by Crippen LogP contribution is -1.92. The van der Waals surface area contributed by atoms with Crippen LogP contribution in [0.1, 0.15) is 17.0 Å². The van der Waals surface area contributed by atoms with Crippen LogP contribution in [0.5, 0.6) is 11.5 Å².